The van der Waals surface area contributed by atoms with E-state index in [1.165, 1.54) is 25.6 Å². The predicted octanol–water partition coefficient (Wildman–Crippen LogP) is 4.49. The van der Waals surface area contributed by atoms with E-state index in [1.54, 1.807) is 12.1 Å². The zero-order valence-corrected chi connectivity index (χ0v) is 20.9. The number of carboxylic acid groups (broad SMARTS) is 1. The monoisotopic (exact) mass is 602 g/mol. The van der Waals surface area contributed by atoms with Crippen LogP contribution in [0.15, 0.2) is 53.8 Å². The maximum absolute atomic E-state index is 12.6. The molecule has 2 heterocycles. The summed E-state index contributed by atoms with van der Waals surface area (Å²) in [6.45, 7) is -1.56. The molecule has 0 fully saturated rings. The fourth-order valence-electron chi connectivity index (χ4n) is 2.39. The van der Waals surface area contributed by atoms with E-state index in [1.807, 2.05) is 0 Å². The number of carboxylic acids is 1. The van der Waals surface area contributed by atoms with Crippen LogP contribution in [-0.4, -0.2) is 60.5 Å². The molecule has 0 spiro atoms. The van der Waals surface area contributed by atoms with Gasteiger partial charge in [0.05, 0.1) is 15.6 Å². The number of hydrogen-bond donors (Lipinski definition) is 4. The number of benzene rings is 1. The Morgan fingerprint density at radius 2 is 1.59 bits per heavy atom. The maximum atomic E-state index is 12.6. The molecular formula is C20H17ClF6N6O5S. The standard InChI is InChI=1S/C18H16ClF3N6O3S.C2HF3O2/c1-23-32(29,30)12-3-4-14(31-9-18(20,21)22)13(6-12)27-16-7-17(26-10-25-16)28-15-5-2-11(19)8-24-15;3-2(4,5)1(6)7/h2-8,10,23H,9H2,1H3,(H2,24,25,26,27,28);(H,6,7). The summed E-state index contributed by atoms with van der Waals surface area (Å²) in [7, 11) is -2.65. The van der Waals surface area contributed by atoms with Gasteiger partial charge in [-0.25, -0.2) is 32.9 Å². The Kier molecular flexibility index (Phi) is 10.3. The highest BCUT2D eigenvalue weighted by Gasteiger charge is 2.38. The van der Waals surface area contributed by atoms with Crippen LogP contribution < -0.4 is 20.1 Å². The molecule has 1 aromatic carbocycles. The van der Waals surface area contributed by atoms with Crippen molar-refractivity contribution in [2.75, 3.05) is 24.3 Å². The van der Waals surface area contributed by atoms with Crippen molar-refractivity contribution < 1.29 is 49.4 Å². The summed E-state index contributed by atoms with van der Waals surface area (Å²) in [4.78, 5) is 20.8. The molecule has 0 saturated carbocycles. The van der Waals surface area contributed by atoms with Gasteiger partial charge in [-0.2, -0.15) is 26.3 Å². The quantitative estimate of drug-likeness (QED) is 0.271. The average molecular weight is 603 g/mol. The summed E-state index contributed by atoms with van der Waals surface area (Å²) in [5.41, 5.74) is -0.0418. The maximum Gasteiger partial charge on any atom is 0.490 e. The highest BCUT2D eigenvalue weighted by Crippen LogP contribution is 2.32. The average Bonchev–Trinajstić information content (AvgIpc) is 2.84. The SMILES string of the molecule is CNS(=O)(=O)c1ccc(OCC(F)(F)F)c(Nc2cc(Nc3ccc(Cl)cn3)ncn2)c1.O=C(O)C(F)(F)F. The van der Waals surface area contributed by atoms with E-state index in [4.69, 9.17) is 26.2 Å². The van der Waals surface area contributed by atoms with Crippen LogP contribution in [0.3, 0.4) is 0 Å². The number of aromatic nitrogens is 3. The first-order valence-electron chi connectivity index (χ1n) is 10.0. The predicted molar refractivity (Wildman–Crippen MR) is 126 cm³/mol. The van der Waals surface area contributed by atoms with Crippen molar-refractivity contribution in [2.24, 2.45) is 0 Å². The third kappa shape index (κ3) is 10.4. The van der Waals surface area contributed by atoms with Crippen LogP contribution in [0.25, 0.3) is 0 Å². The van der Waals surface area contributed by atoms with Gasteiger partial charge in [0.1, 0.15) is 29.5 Å². The Balaban J connectivity index is 0.000000673. The van der Waals surface area contributed by atoms with Crippen LogP contribution in [0.1, 0.15) is 0 Å². The fourth-order valence-corrected chi connectivity index (χ4v) is 3.26. The molecule has 0 atom stereocenters. The summed E-state index contributed by atoms with van der Waals surface area (Å²) in [6.07, 6.45) is -7.03. The van der Waals surface area contributed by atoms with Crippen molar-refractivity contribution in [1.29, 1.82) is 0 Å². The number of carbonyl (C=O) groups is 1. The topological polar surface area (TPSA) is 155 Å². The third-order valence-corrected chi connectivity index (χ3v) is 5.71. The van der Waals surface area contributed by atoms with Crippen molar-refractivity contribution in [1.82, 2.24) is 19.7 Å². The molecule has 0 aliphatic carbocycles. The lowest BCUT2D eigenvalue weighted by molar-refractivity contribution is -0.192. The van der Waals surface area contributed by atoms with Gasteiger partial charge in [0.15, 0.2) is 6.61 Å². The number of pyridine rings is 1. The molecule has 19 heteroatoms. The van der Waals surface area contributed by atoms with Gasteiger partial charge in [0.2, 0.25) is 10.0 Å². The smallest absolute Gasteiger partial charge is 0.482 e. The number of sulfonamides is 1. The molecule has 0 radical (unpaired) electrons. The molecule has 0 unspecified atom stereocenters. The number of rotatable bonds is 8. The Labute approximate surface area is 221 Å². The zero-order valence-electron chi connectivity index (χ0n) is 19.3. The third-order valence-electron chi connectivity index (χ3n) is 4.08. The largest absolute Gasteiger partial charge is 0.490 e. The molecule has 39 heavy (non-hydrogen) atoms. The molecule has 4 N–H and O–H groups in total. The summed E-state index contributed by atoms with van der Waals surface area (Å²) >= 11 is 5.80. The van der Waals surface area contributed by atoms with Crippen LogP contribution in [0.5, 0.6) is 5.75 Å². The Morgan fingerprint density at radius 1 is 0.974 bits per heavy atom. The van der Waals surface area contributed by atoms with E-state index in [2.05, 4.69) is 30.3 Å². The number of anilines is 4. The summed E-state index contributed by atoms with van der Waals surface area (Å²) in [6, 6.07) is 8.07. The number of halogens is 7. The van der Waals surface area contributed by atoms with Crippen molar-refractivity contribution in [2.45, 2.75) is 17.2 Å². The lowest BCUT2D eigenvalue weighted by atomic mass is 10.3. The number of aliphatic carboxylic acids is 1. The second-order valence-electron chi connectivity index (χ2n) is 6.97. The number of alkyl halides is 6. The molecule has 0 saturated heterocycles. The van der Waals surface area contributed by atoms with E-state index in [9.17, 15) is 34.8 Å². The number of nitrogens with zero attached hydrogens (tertiary/aromatic N) is 3. The molecule has 11 nitrogen and oxygen atoms in total. The highest BCUT2D eigenvalue weighted by molar-refractivity contribution is 7.89. The molecule has 212 valence electrons. The van der Waals surface area contributed by atoms with E-state index in [-0.39, 0.29) is 22.2 Å². The van der Waals surface area contributed by atoms with Crippen LogP contribution >= 0.6 is 11.6 Å². The normalized spacial score (nSPS) is 11.7. The van der Waals surface area contributed by atoms with E-state index in [0.717, 1.165) is 18.2 Å². The van der Waals surface area contributed by atoms with E-state index < -0.39 is 35.0 Å². The summed E-state index contributed by atoms with van der Waals surface area (Å²) < 4.78 is 101. The van der Waals surface area contributed by atoms with Crippen LogP contribution in [0.4, 0.5) is 49.5 Å². The van der Waals surface area contributed by atoms with Gasteiger partial charge < -0.3 is 20.5 Å². The lowest BCUT2D eigenvalue weighted by Crippen LogP contribution is -2.21. The first-order valence-corrected chi connectivity index (χ1v) is 11.9. The Hall–Kier alpha value is -3.90. The van der Waals surface area contributed by atoms with E-state index >= 15 is 0 Å². The Bertz CT molecular complexity index is 1390. The van der Waals surface area contributed by atoms with Crippen LogP contribution in [0, 0.1) is 0 Å². The van der Waals surface area contributed by atoms with Gasteiger partial charge in [-0.05, 0) is 37.4 Å². The first-order chi connectivity index (χ1) is 18.0. The van der Waals surface area contributed by atoms with Crippen molar-refractivity contribution in [3.8, 4) is 5.75 Å². The number of nitrogens with one attached hydrogen (secondary N) is 3. The van der Waals surface area contributed by atoms with Gasteiger partial charge in [-0.15, -0.1) is 0 Å². The second kappa shape index (κ2) is 12.8. The molecular weight excluding hydrogens is 586 g/mol. The highest BCUT2D eigenvalue weighted by atomic mass is 35.5. The van der Waals surface area contributed by atoms with Gasteiger partial charge in [-0.3, -0.25) is 0 Å². The molecule has 0 amide bonds. The number of hydrogen-bond acceptors (Lipinski definition) is 9. The van der Waals surface area contributed by atoms with Crippen LogP contribution in [-0.2, 0) is 14.8 Å². The van der Waals surface area contributed by atoms with Crippen LogP contribution in [0.2, 0.25) is 5.02 Å². The second-order valence-corrected chi connectivity index (χ2v) is 9.30. The molecule has 3 rings (SSSR count). The van der Waals surface area contributed by atoms with Gasteiger partial charge >= 0.3 is 18.3 Å². The molecule has 3 aromatic rings. The summed E-state index contributed by atoms with van der Waals surface area (Å²) in [5.74, 6) is -2.06. The number of ether oxygens (including phenoxy) is 1. The van der Waals surface area contributed by atoms with E-state index in [0.29, 0.717) is 16.7 Å². The van der Waals surface area contributed by atoms with Gasteiger partial charge in [0.25, 0.3) is 0 Å². The lowest BCUT2D eigenvalue weighted by Gasteiger charge is -2.16. The minimum absolute atomic E-state index is 0.0418. The minimum Gasteiger partial charge on any atom is -0.482 e. The summed E-state index contributed by atoms with van der Waals surface area (Å²) in [5, 5.41) is 13.3. The van der Waals surface area contributed by atoms with Crippen molar-refractivity contribution >= 4 is 50.7 Å². The molecule has 0 bridgehead atoms. The van der Waals surface area contributed by atoms with Crippen molar-refractivity contribution in [3.63, 3.8) is 0 Å². The molecule has 2 aromatic heterocycles. The van der Waals surface area contributed by atoms with Crippen molar-refractivity contribution in [3.05, 3.63) is 53.9 Å². The molecule has 0 aliphatic rings. The zero-order chi connectivity index (χ0) is 29.4. The fraction of sp³-hybridized carbons (Fsp3) is 0.200. The Morgan fingerprint density at radius 3 is 2.10 bits per heavy atom. The van der Waals surface area contributed by atoms with Gasteiger partial charge in [0, 0.05) is 12.3 Å². The first kappa shape index (κ1) is 31.3. The van der Waals surface area contributed by atoms with Gasteiger partial charge in [-0.1, -0.05) is 11.6 Å². The molecule has 0 aliphatic heterocycles. The minimum atomic E-state index is -5.08.